The summed E-state index contributed by atoms with van der Waals surface area (Å²) >= 11 is 1.03. The van der Waals surface area contributed by atoms with Crippen molar-refractivity contribution >= 4 is 49.7 Å². The molecule has 9 rings (SSSR count). The van der Waals surface area contributed by atoms with Gasteiger partial charge in [-0.1, -0.05) is 56.3 Å². The Labute approximate surface area is 290 Å². The van der Waals surface area contributed by atoms with Crippen molar-refractivity contribution < 1.29 is 27.1 Å². The summed E-state index contributed by atoms with van der Waals surface area (Å²) in [5, 5.41) is 7.56. The Morgan fingerprint density at radius 3 is 2.78 bits per heavy atom. The van der Waals surface area contributed by atoms with Crippen molar-refractivity contribution in [3.05, 3.63) is 106 Å². The first-order chi connectivity index (χ1) is 23.7. The average molecular weight is 741 g/mol. The molecule has 1 amide bonds. The number of oxazole rings is 2. The highest BCUT2D eigenvalue weighted by Gasteiger charge is 2.61. The van der Waals surface area contributed by atoms with Crippen LogP contribution in [0.15, 0.2) is 86.4 Å². The topological polar surface area (TPSA) is 170 Å². The van der Waals surface area contributed by atoms with E-state index in [0.29, 0.717) is 23.0 Å². The first-order valence-electron chi connectivity index (χ1n) is 15.8. The van der Waals surface area contributed by atoms with Crippen molar-refractivity contribution in [3.63, 3.8) is 0 Å². The van der Waals surface area contributed by atoms with E-state index in [0.717, 1.165) is 43.3 Å². The van der Waals surface area contributed by atoms with Gasteiger partial charge in [-0.25, -0.2) is 14.7 Å². The van der Waals surface area contributed by atoms with Crippen LogP contribution in [-0.4, -0.2) is 41.9 Å². The second-order valence-electron chi connectivity index (χ2n) is 12.8. The Kier molecular flexibility index (Phi) is 6.89. The number of nitrogens with one attached hydrogen (secondary N) is 4. The molecule has 0 fully saturated rings. The summed E-state index contributed by atoms with van der Waals surface area (Å²) < 4.78 is 47.0. The number of hydrogen-bond donors (Lipinski definition) is 4. The number of H-pyrrole nitrogens is 1. The van der Waals surface area contributed by atoms with Gasteiger partial charge in [0.15, 0.2) is 23.4 Å². The van der Waals surface area contributed by atoms with Crippen LogP contribution in [0.1, 0.15) is 48.2 Å². The Bertz CT molecular complexity index is 2330. The quantitative estimate of drug-likeness (QED) is 0.159. The van der Waals surface area contributed by atoms with Crippen molar-refractivity contribution in [1.29, 1.82) is 0 Å². The van der Waals surface area contributed by atoms with Gasteiger partial charge in [0.1, 0.15) is 23.2 Å². The van der Waals surface area contributed by atoms with E-state index in [1.54, 1.807) is 6.20 Å². The predicted molar refractivity (Wildman–Crippen MR) is 183 cm³/mol. The number of fused-ring (bicyclic) bond motifs is 5. The van der Waals surface area contributed by atoms with Crippen LogP contribution >= 0.6 is 15.9 Å². The van der Waals surface area contributed by atoms with Gasteiger partial charge in [-0.05, 0) is 52.0 Å². The molecule has 0 aliphatic carbocycles. The van der Waals surface area contributed by atoms with E-state index in [4.69, 9.17) is 23.5 Å². The molecule has 248 valence electrons. The zero-order valence-electron chi connectivity index (χ0n) is 26.1. The van der Waals surface area contributed by atoms with E-state index in [1.807, 2.05) is 80.7 Å². The highest BCUT2D eigenvalue weighted by molar-refractivity contribution is 9.10. The molecule has 0 saturated heterocycles. The molecule has 3 aromatic carbocycles. The van der Waals surface area contributed by atoms with E-state index in [2.05, 4.69) is 36.3 Å². The molecular weight excluding hydrogens is 712 g/mol. The lowest BCUT2D eigenvalue weighted by Gasteiger charge is -2.28. The number of amides is 1. The molecule has 12 nitrogen and oxygen atoms in total. The summed E-state index contributed by atoms with van der Waals surface area (Å²) in [5.74, 6) is 1.35. The minimum atomic E-state index is -2.69. The van der Waals surface area contributed by atoms with Gasteiger partial charge in [-0.15, -0.1) is 0 Å². The lowest BCUT2D eigenvalue weighted by molar-refractivity contribution is -0.124. The fourth-order valence-corrected chi connectivity index (χ4v) is 8.27. The molecule has 0 saturated carbocycles. The van der Waals surface area contributed by atoms with Gasteiger partial charge in [-0.3, -0.25) is 9.00 Å². The van der Waals surface area contributed by atoms with Gasteiger partial charge in [0.2, 0.25) is 17.7 Å². The van der Waals surface area contributed by atoms with Gasteiger partial charge in [0.05, 0.1) is 11.9 Å². The Balaban J connectivity index is 1.32. The van der Waals surface area contributed by atoms with E-state index in [-0.39, 0.29) is 24.1 Å². The molecule has 3 aliphatic rings. The molecule has 49 heavy (non-hydrogen) atoms. The fraction of sp³-hybridized carbons (Fsp3) is 0.229. The number of carbonyl (C=O) groups is 1. The largest absolute Gasteiger partial charge is 0.760 e. The molecule has 4 N–H and O–H groups in total. The van der Waals surface area contributed by atoms with Gasteiger partial charge < -0.3 is 33.7 Å². The van der Waals surface area contributed by atoms with Crippen LogP contribution in [0.5, 0.6) is 5.75 Å². The lowest BCUT2D eigenvalue weighted by Crippen LogP contribution is -2.48. The summed E-state index contributed by atoms with van der Waals surface area (Å²) in [5.41, 5.74) is 4.31. The molecule has 3 aromatic heterocycles. The van der Waals surface area contributed by atoms with Crippen LogP contribution in [0.2, 0.25) is 0 Å². The number of rotatable bonds is 5. The number of halogens is 1. The van der Waals surface area contributed by atoms with Crippen LogP contribution in [0, 0.1) is 5.92 Å². The van der Waals surface area contributed by atoms with E-state index in [1.165, 1.54) is 0 Å². The van der Waals surface area contributed by atoms with Crippen molar-refractivity contribution in [2.24, 2.45) is 5.92 Å². The zero-order valence-corrected chi connectivity index (χ0v) is 28.5. The Morgan fingerprint density at radius 1 is 1.08 bits per heavy atom. The summed E-state index contributed by atoms with van der Waals surface area (Å²) in [6, 6.07) is 17.7. The van der Waals surface area contributed by atoms with E-state index >= 15 is 0 Å². The third-order valence-corrected chi connectivity index (χ3v) is 10.7. The molecule has 6 aromatic rings. The number of para-hydroxylation sites is 2. The molecule has 14 heteroatoms. The maximum absolute atomic E-state index is 13.7. The number of benzene rings is 3. The smallest absolute Gasteiger partial charge is 0.249 e. The highest BCUT2D eigenvalue weighted by Crippen LogP contribution is 2.60. The minimum Gasteiger partial charge on any atom is -0.760 e. The molecular formula is C35H28BrN6O6S-. The molecule has 6 heterocycles. The van der Waals surface area contributed by atoms with Gasteiger partial charge in [-0.2, -0.15) is 0 Å². The maximum atomic E-state index is 13.7. The fourth-order valence-electron chi connectivity index (χ4n) is 7.36. The molecule has 5 atom stereocenters. The van der Waals surface area contributed by atoms with Crippen molar-refractivity contribution in [2.75, 3.05) is 5.32 Å². The summed E-state index contributed by atoms with van der Waals surface area (Å²) in [6.45, 7) is 3.86. The number of carbonyl (C=O) groups excluding carboxylic acids is 1. The second kappa shape index (κ2) is 11.1. The van der Waals surface area contributed by atoms with Gasteiger partial charge in [0, 0.05) is 49.5 Å². The number of nitrogens with zero attached hydrogens (tertiary/aromatic N) is 2. The molecule has 1 spiro atoms. The summed E-state index contributed by atoms with van der Waals surface area (Å²) in [7, 11) is 0. The average Bonchev–Trinajstić information content (AvgIpc) is 3.89. The van der Waals surface area contributed by atoms with E-state index in [9.17, 15) is 13.6 Å². The third kappa shape index (κ3) is 4.54. The first kappa shape index (κ1) is 30.3. The van der Waals surface area contributed by atoms with Gasteiger partial charge in [0.25, 0.3) is 0 Å². The Morgan fingerprint density at radius 2 is 1.94 bits per heavy atom. The minimum absolute atomic E-state index is 0.102. The standard InChI is InChI=1S/C35H29BrN6O6S/c1-16(2)27-33-40-29(32-38-15-26(46-32)19-14-37-23-9-4-3-6-18(19)23)30(48-33)35-20-7-5-8-22(36)28(20)41-34(35)47-25-11-10-17(12-21(25)35)13-24(31(43)39-27)42-49(44)45/h3-12,14-16,24,27,34,37,41-42H,13H2,1-2H3,(H,39,43)(H,44,45)/p-1/t24-,27-,34?,35-/m0/s1. The van der Waals surface area contributed by atoms with Crippen LogP contribution in [0.25, 0.3) is 33.8 Å². The van der Waals surface area contributed by atoms with Crippen LogP contribution in [0.4, 0.5) is 5.69 Å². The second-order valence-corrected chi connectivity index (χ2v) is 14.3. The monoisotopic (exact) mass is 739 g/mol. The number of hydrogen-bond acceptors (Lipinski definition) is 9. The lowest BCUT2D eigenvalue weighted by atomic mass is 9.72. The third-order valence-electron chi connectivity index (χ3n) is 9.61. The highest BCUT2D eigenvalue weighted by atomic mass is 79.9. The van der Waals surface area contributed by atoms with Crippen LogP contribution in [-0.2, 0) is 27.9 Å². The summed E-state index contributed by atoms with van der Waals surface area (Å²) in [6.07, 6.45) is 3.01. The predicted octanol–water partition coefficient (Wildman–Crippen LogP) is 5.84. The zero-order chi connectivity index (χ0) is 33.6. The van der Waals surface area contributed by atoms with Crippen molar-refractivity contribution in [2.45, 2.75) is 44.0 Å². The molecule has 4 bridgehead atoms. The molecule has 2 unspecified atom stereocenters. The van der Waals surface area contributed by atoms with Crippen LogP contribution < -0.4 is 20.1 Å². The SMILES string of the molecule is CC(C)[C@@H]1NC(=O)[C@@H](NS(=O)[O-])Cc2ccc3c(c2)[C@@]2(c4cccc(Br)c4NC2O3)c2oc1nc2-c1ncc(-c2c[nH]c3ccccc23)o1. The number of ether oxygens (including phenoxy) is 1. The first-order valence-corrected chi connectivity index (χ1v) is 17.6. The maximum Gasteiger partial charge on any atom is 0.249 e. The molecule has 0 radical (unpaired) electrons. The normalized spacial score (nSPS) is 22.9. The number of aromatic amines is 1. The van der Waals surface area contributed by atoms with Crippen molar-refractivity contribution in [3.8, 4) is 28.7 Å². The molecule has 3 aliphatic heterocycles. The Hall–Kier alpha value is -4.76. The number of aromatic nitrogens is 3. The van der Waals surface area contributed by atoms with Crippen molar-refractivity contribution in [1.82, 2.24) is 25.0 Å². The van der Waals surface area contributed by atoms with Gasteiger partial charge >= 0.3 is 0 Å². The van der Waals surface area contributed by atoms with E-state index < -0.39 is 40.9 Å². The summed E-state index contributed by atoms with van der Waals surface area (Å²) in [4.78, 5) is 26.8. The van der Waals surface area contributed by atoms with Crippen LogP contribution in [0.3, 0.4) is 0 Å². The number of anilines is 1.